The van der Waals surface area contributed by atoms with Gasteiger partial charge in [0.2, 0.25) is 0 Å². The molecular formula is C17H26N2O2. The van der Waals surface area contributed by atoms with Gasteiger partial charge in [-0.1, -0.05) is 19.8 Å². The Balaban J connectivity index is 2.27. The van der Waals surface area contributed by atoms with E-state index in [2.05, 4.69) is 16.8 Å². The number of hydrogen-bond acceptors (Lipinski definition) is 3. The molecule has 0 aromatic carbocycles. The maximum atomic E-state index is 11.6. The van der Waals surface area contributed by atoms with Crippen LogP contribution in [0.25, 0.3) is 0 Å². The minimum atomic E-state index is -0.871. The highest BCUT2D eigenvalue weighted by atomic mass is 16.4. The number of hydrogen-bond donors (Lipinski definition) is 1. The highest BCUT2D eigenvalue weighted by Gasteiger charge is 2.23. The molecule has 4 heteroatoms. The highest BCUT2D eigenvalue weighted by Crippen LogP contribution is 2.28. The molecule has 1 saturated heterocycles. The Morgan fingerprint density at radius 2 is 2.14 bits per heavy atom. The topological polar surface area (TPSA) is 53.4 Å². The molecule has 0 saturated carbocycles. The second-order valence-electron chi connectivity index (χ2n) is 6.16. The first kappa shape index (κ1) is 15.8. The van der Waals surface area contributed by atoms with Crippen LogP contribution in [0.5, 0.6) is 0 Å². The van der Waals surface area contributed by atoms with E-state index in [-0.39, 0.29) is 0 Å². The summed E-state index contributed by atoms with van der Waals surface area (Å²) in [6, 6.07) is 1.85. The summed E-state index contributed by atoms with van der Waals surface area (Å²) in [5.74, 6) is 0.570. The molecule has 116 valence electrons. The molecule has 2 rings (SSSR count). The zero-order chi connectivity index (χ0) is 15.4. The Kier molecular flexibility index (Phi) is 5.21. The van der Waals surface area contributed by atoms with Crippen molar-refractivity contribution in [2.45, 2.75) is 52.9 Å². The first-order valence-corrected chi connectivity index (χ1v) is 7.99. The van der Waals surface area contributed by atoms with Gasteiger partial charge in [-0.15, -0.1) is 0 Å². The molecule has 1 aliphatic rings. The number of carbonyl (C=O) groups is 1. The van der Waals surface area contributed by atoms with Crippen LogP contribution in [-0.2, 0) is 0 Å². The van der Waals surface area contributed by atoms with Gasteiger partial charge < -0.3 is 10.0 Å². The molecule has 2 heterocycles. The van der Waals surface area contributed by atoms with Crippen molar-refractivity contribution in [2.24, 2.45) is 5.92 Å². The van der Waals surface area contributed by atoms with E-state index < -0.39 is 5.97 Å². The Hall–Kier alpha value is -1.58. The van der Waals surface area contributed by atoms with E-state index in [1.807, 2.05) is 19.9 Å². The summed E-state index contributed by atoms with van der Waals surface area (Å²) in [6.45, 7) is 7.85. The second kappa shape index (κ2) is 6.92. The van der Waals surface area contributed by atoms with Gasteiger partial charge in [0.15, 0.2) is 0 Å². The number of carboxylic acid groups (broad SMARTS) is 1. The molecule has 0 spiro atoms. The third kappa shape index (κ3) is 3.74. The molecule has 21 heavy (non-hydrogen) atoms. The van der Waals surface area contributed by atoms with Gasteiger partial charge in [0, 0.05) is 18.8 Å². The Morgan fingerprint density at radius 3 is 2.81 bits per heavy atom. The average Bonchev–Trinajstić information content (AvgIpc) is 2.63. The quantitative estimate of drug-likeness (QED) is 0.916. The fourth-order valence-electron chi connectivity index (χ4n) is 3.38. The molecular weight excluding hydrogens is 264 g/mol. The minimum absolute atomic E-state index is 0.370. The SMILES string of the molecule is CCCC1CCCN(c2nc(C)cc(C)c2C(=O)O)CC1. The van der Waals surface area contributed by atoms with E-state index in [1.165, 1.54) is 19.3 Å². The lowest BCUT2D eigenvalue weighted by atomic mass is 9.96. The first-order chi connectivity index (χ1) is 10.0. The Morgan fingerprint density at radius 1 is 1.38 bits per heavy atom. The van der Waals surface area contributed by atoms with E-state index in [0.717, 1.165) is 43.1 Å². The van der Waals surface area contributed by atoms with Crippen molar-refractivity contribution in [3.8, 4) is 0 Å². The number of aromatic carboxylic acids is 1. The van der Waals surface area contributed by atoms with Gasteiger partial charge in [-0.05, 0) is 50.7 Å². The number of rotatable bonds is 4. The van der Waals surface area contributed by atoms with E-state index in [9.17, 15) is 9.90 Å². The number of anilines is 1. The molecule has 1 aromatic heterocycles. The summed E-state index contributed by atoms with van der Waals surface area (Å²) in [7, 11) is 0. The van der Waals surface area contributed by atoms with Gasteiger partial charge in [-0.25, -0.2) is 9.78 Å². The lowest BCUT2D eigenvalue weighted by molar-refractivity contribution is 0.0696. The average molecular weight is 290 g/mol. The molecule has 1 atom stereocenters. The van der Waals surface area contributed by atoms with Crippen molar-refractivity contribution < 1.29 is 9.90 Å². The van der Waals surface area contributed by atoms with Crippen LogP contribution >= 0.6 is 0 Å². The predicted molar refractivity (Wildman–Crippen MR) is 85.1 cm³/mol. The van der Waals surface area contributed by atoms with Gasteiger partial charge >= 0.3 is 5.97 Å². The summed E-state index contributed by atoms with van der Waals surface area (Å²) in [6.07, 6.45) is 6.02. The molecule has 1 aliphatic heterocycles. The summed E-state index contributed by atoms with van der Waals surface area (Å²) in [4.78, 5) is 18.3. The molecule has 1 aromatic rings. The van der Waals surface area contributed by atoms with Crippen molar-refractivity contribution in [1.29, 1.82) is 0 Å². The molecule has 0 radical (unpaired) electrons. The number of carboxylic acids is 1. The standard InChI is InChI=1S/C17H26N2O2/c1-4-6-14-7-5-9-19(10-8-14)16-15(17(20)21)12(2)11-13(3)18-16/h11,14H,4-10H2,1-3H3,(H,20,21). The van der Waals surface area contributed by atoms with Crippen LogP contribution in [0.3, 0.4) is 0 Å². The molecule has 1 fully saturated rings. The molecule has 4 nitrogen and oxygen atoms in total. The highest BCUT2D eigenvalue weighted by molar-refractivity contribution is 5.95. The van der Waals surface area contributed by atoms with Crippen LogP contribution in [0.4, 0.5) is 5.82 Å². The molecule has 0 bridgehead atoms. The van der Waals surface area contributed by atoms with Crippen molar-refractivity contribution in [3.05, 3.63) is 22.9 Å². The van der Waals surface area contributed by atoms with Crippen LogP contribution in [-0.4, -0.2) is 29.1 Å². The molecule has 1 N–H and O–H groups in total. The number of aromatic nitrogens is 1. The summed E-state index contributed by atoms with van der Waals surface area (Å²) in [5, 5.41) is 9.51. The number of nitrogens with zero attached hydrogens (tertiary/aromatic N) is 2. The van der Waals surface area contributed by atoms with Crippen molar-refractivity contribution in [2.75, 3.05) is 18.0 Å². The van der Waals surface area contributed by atoms with E-state index in [4.69, 9.17) is 0 Å². The lowest BCUT2D eigenvalue weighted by Gasteiger charge is -2.24. The first-order valence-electron chi connectivity index (χ1n) is 7.99. The van der Waals surface area contributed by atoms with Crippen molar-refractivity contribution in [1.82, 2.24) is 4.98 Å². The maximum absolute atomic E-state index is 11.6. The van der Waals surface area contributed by atoms with Gasteiger partial charge in [0.1, 0.15) is 11.4 Å². The summed E-state index contributed by atoms with van der Waals surface area (Å²) in [5.41, 5.74) is 2.07. The maximum Gasteiger partial charge on any atom is 0.339 e. The lowest BCUT2D eigenvalue weighted by Crippen LogP contribution is -2.28. The smallest absolute Gasteiger partial charge is 0.339 e. The fraction of sp³-hybridized carbons (Fsp3) is 0.647. The molecule has 0 aliphatic carbocycles. The Bertz CT molecular complexity index is 514. The number of aryl methyl sites for hydroxylation is 2. The molecule has 1 unspecified atom stereocenters. The van der Waals surface area contributed by atoms with Gasteiger partial charge in [-0.3, -0.25) is 0 Å². The fourth-order valence-corrected chi connectivity index (χ4v) is 3.38. The van der Waals surface area contributed by atoms with E-state index >= 15 is 0 Å². The van der Waals surface area contributed by atoms with Gasteiger partial charge in [-0.2, -0.15) is 0 Å². The van der Waals surface area contributed by atoms with Crippen molar-refractivity contribution >= 4 is 11.8 Å². The zero-order valence-corrected chi connectivity index (χ0v) is 13.4. The van der Waals surface area contributed by atoms with Crippen LogP contribution in [0.2, 0.25) is 0 Å². The molecule has 0 amide bonds. The second-order valence-corrected chi connectivity index (χ2v) is 6.16. The van der Waals surface area contributed by atoms with Crippen LogP contribution in [0, 0.1) is 19.8 Å². The van der Waals surface area contributed by atoms with Gasteiger partial charge in [0.25, 0.3) is 0 Å². The third-order valence-electron chi connectivity index (χ3n) is 4.38. The third-order valence-corrected chi connectivity index (χ3v) is 4.38. The van der Waals surface area contributed by atoms with E-state index in [1.54, 1.807) is 0 Å². The monoisotopic (exact) mass is 290 g/mol. The number of pyridine rings is 1. The normalized spacial score (nSPS) is 19.4. The summed E-state index contributed by atoms with van der Waals surface area (Å²) >= 11 is 0. The largest absolute Gasteiger partial charge is 0.478 e. The van der Waals surface area contributed by atoms with Crippen molar-refractivity contribution in [3.63, 3.8) is 0 Å². The zero-order valence-electron chi connectivity index (χ0n) is 13.4. The predicted octanol–water partition coefficient (Wildman–Crippen LogP) is 3.80. The Labute approximate surface area is 127 Å². The van der Waals surface area contributed by atoms with Crippen LogP contribution in [0.15, 0.2) is 6.07 Å². The summed E-state index contributed by atoms with van der Waals surface area (Å²) < 4.78 is 0. The van der Waals surface area contributed by atoms with Crippen LogP contribution < -0.4 is 4.90 Å². The minimum Gasteiger partial charge on any atom is -0.478 e. The van der Waals surface area contributed by atoms with Gasteiger partial charge in [0.05, 0.1) is 0 Å². The van der Waals surface area contributed by atoms with E-state index in [0.29, 0.717) is 11.4 Å². The van der Waals surface area contributed by atoms with Crippen LogP contribution in [0.1, 0.15) is 60.6 Å².